The molecule has 1 atom stereocenters. The van der Waals surface area contributed by atoms with Crippen molar-refractivity contribution in [1.82, 2.24) is 14.9 Å². The molecule has 1 unspecified atom stereocenters. The first-order valence-corrected chi connectivity index (χ1v) is 6.51. The minimum Gasteiger partial charge on any atom is -0.370 e. The van der Waals surface area contributed by atoms with Gasteiger partial charge in [-0.05, 0) is 34.4 Å². The van der Waals surface area contributed by atoms with E-state index >= 15 is 0 Å². The molecule has 0 radical (unpaired) electrons. The lowest BCUT2D eigenvalue weighted by Gasteiger charge is -2.20. The zero-order valence-electron chi connectivity index (χ0n) is 12.1. The van der Waals surface area contributed by atoms with E-state index in [-0.39, 0.29) is 0 Å². The van der Waals surface area contributed by atoms with Gasteiger partial charge in [-0.1, -0.05) is 6.92 Å². The van der Waals surface area contributed by atoms with E-state index in [9.17, 15) is 0 Å². The number of anilines is 2. The average molecular weight is 251 g/mol. The Morgan fingerprint density at radius 3 is 2.56 bits per heavy atom. The summed E-state index contributed by atoms with van der Waals surface area (Å²) in [4.78, 5) is 10.7. The Morgan fingerprint density at radius 2 is 1.94 bits per heavy atom. The first kappa shape index (κ1) is 14.7. The molecule has 0 amide bonds. The highest BCUT2D eigenvalue weighted by atomic mass is 15.1. The van der Waals surface area contributed by atoms with Crippen LogP contribution in [0.25, 0.3) is 0 Å². The molecule has 0 aliphatic carbocycles. The van der Waals surface area contributed by atoms with Crippen LogP contribution in [0.2, 0.25) is 0 Å². The standard InChI is InChI=1S/C13H25N5/c1-6-7-14-12-11(3)13(16-9-15-12)17-10(2)8-18(4)5/h9-10H,6-8H2,1-5H3,(H2,14,15,16,17). The Bertz CT molecular complexity index is 364. The quantitative estimate of drug-likeness (QED) is 0.776. The third kappa shape index (κ3) is 4.49. The lowest BCUT2D eigenvalue weighted by atomic mass is 10.2. The van der Waals surface area contributed by atoms with Gasteiger partial charge in [0, 0.05) is 24.7 Å². The van der Waals surface area contributed by atoms with Gasteiger partial charge in [-0.2, -0.15) is 0 Å². The number of likely N-dealkylation sites (N-methyl/N-ethyl adjacent to an activating group) is 1. The van der Waals surface area contributed by atoms with Gasteiger partial charge in [0.15, 0.2) is 0 Å². The fourth-order valence-corrected chi connectivity index (χ4v) is 1.84. The summed E-state index contributed by atoms with van der Waals surface area (Å²) in [7, 11) is 4.14. The molecule has 1 heterocycles. The smallest absolute Gasteiger partial charge is 0.134 e. The molecule has 1 aromatic rings. The highest BCUT2D eigenvalue weighted by Gasteiger charge is 2.09. The molecular weight excluding hydrogens is 226 g/mol. The molecule has 0 spiro atoms. The van der Waals surface area contributed by atoms with E-state index in [2.05, 4.69) is 53.4 Å². The maximum Gasteiger partial charge on any atom is 0.134 e. The number of hydrogen-bond acceptors (Lipinski definition) is 5. The number of nitrogens with zero attached hydrogens (tertiary/aromatic N) is 3. The highest BCUT2D eigenvalue weighted by molar-refractivity contribution is 5.56. The van der Waals surface area contributed by atoms with Crippen molar-refractivity contribution >= 4 is 11.6 Å². The fraction of sp³-hybridized carbons (Fsp3) is 0.692. The highest BCUT2D eigenvalue weighted by Crippen LogP contribution is 2.18. The number of rotatable bonds is 7. The second-order valence-corrected chi connectivity index (χ2v) is 4.93. The number of hydrogen-bond donors (Lipinski definition) is 2. The predicted octanol–water partition coefficient (Wildman–Crippen LogP) is 1.97. The van der Waals surface area contributed by atoms with E-state index < -0.39 is 0 Å². The molecule has 0 aromatic carbocycles. The maximum absolute atomic E-state index is 4.31. The van der Waals surface area contributed by atoms with Crippen LogP contribution in [0.15, 0.2) is 6.33 Å². The van der Waals surface area contributed by atoms with Crippen LogP contribution in [0.5, 0.6) is 0 Å². The van der Waals surface area contributed by atoms with Crippen molar-refractivity contribution in [2.75, 3.05) is 37.8 Å². The summed E-state index contributed by atoms with van der Waals surface area (Å²) in [5, 5.41) is 6.74. The van der Waals surface area contributed by atoms with Crippen molar-refractivity contribution in [2.24, 2.45) is 0 Å². The van der Waals surface area contributed by atoms with Gasteiger partial charge in [0.25, 0.3) is 0 Å². The Hall–Kier alpha value is -1.36. The SMILES string of the molecule is CCCNc1ncnc(NC(C)CN(C)C)c1C. The van der Waals surface area contributed by atoms with Gasteiger partial charge < -0.3 is 15.5 Å². The van der Waals surface area contributed by atoms with E-state index in [4.69, 9.17) is 0 Å². The van der Waals surface area contributed by atoms with E-state index in [1.807, 2.05) is 6.92 Å². The molecule has 102 valence electrons. The molecule has 0 fully saturated rings. The van der Waals surface area contributed by atoms with E-state index in [0.717, 1.165) is 36.7 Å². The van der Waals surface area contributed by atoms with Gasteiger partial charge in [0.2, 0.25) is 0 Å². The van der Waals surface area contributed by atoms with Crippen molar-refractivity contribution in [2.45, 2.75) is 33.2 Å². The van der Waals surface area contributed by atoms with E-state index in [0.29, 0.717) is 6.04 Å². The molecule has 0 saturated carbocycles. The summed E-state index contributed by atoms with van der Waals surface area (Å²) in [6.45, 7) is 8.25. The molecule has 5 nitrogen and oxygen atoms in total. The van der Waals surface area contributed by atoms with Crippen molar-refractivity contribution in [3.05, 3.63) is 11.9 Å². The molecule has 18 heavy (non-hydrogen) atoms. The van der Waals surface area contributed by atoms with Crippen LogP contribution in [0.3, 0.4) is 0 Å². The average Bonchev–Trinajstić information content (AvgIpc) is 2.29. The molecule has 5 heteroatoms. The zero-order chi connectivity index (χ0) is 13.5. The maximum atomic E-state index is 4.31. The summed E-state index contributed by atoms with van der Waals surface area (Å²) in [5.41, 5.74) is 1.08. The first-order valence-electron chi connectivity index (χ1n) is 6.51. The van der Waals surface area contributed by atoms with Gasteiger partial charge in [-0.3, -0.25) is 0 Å². The van der Waals surface area contributed by atoms with Crippen LogP contribution in [0, 0.1) is 6.92 Å². The topological polar surface area (TPSA) is 53.1 Å². The summed E-state index contributed by atoms with van der Waals surface area (Å²) >= 11 is 0. The van der Waals surface area contributed by atoms with Crippen LogP contribution >= 0.6 is 0 Å². The normalized spacial score (nSPS) is 12.6. The van der Waals surface area contributed by atoms with Crippen LogP contribution in [-0.4, -0.2) is 48.1 Å². The van der Waals surface area contributed by atoms with Crippen LogP contribution < -0.4 is 10.6 Å². The van der Waals surface area contributed by atoms with Crippen LogP contribution in [0.1, 0.15) is 25.8 Å². The Labute approximate surface area is 110 Å². The van der Waals surface area contributed by atoms with Gasteiger partial charge in [-0.15, -0.1) is 0 Å². The molecule has 2 N–H and O–H groups in total. The Balaban J connectivity index is 2.70. The van der Waals surface area contributed by atoms with Gasteiger partial charge in [0.05, 0.1) is 0 Å². The molecule has 0 bridgehead atoms. The van der Waals surface area contributed by atoms with E-state index in [1.54, 1.807) is 6.33 Å². The first-order chi connectivity index (χ1) is 8.54. The lowest BCUT2D eigenvalue weighted by molar-refractivity contribution is 0.392. The molecule has 0 saturated heterocycles. The Morgan fingerprint density at radius 1 is 1.28 bits per heavy atom. The van der Waals surface area contributed by atoms with Crippen LogP contribution in [-0.2, 0) is 0 Å². The summed E-state index contributed by atoms with van der Waals surface area (Å²) in [5.74, 6) is 1.84. The summed E-state index contributed by atoms with van der Waals surface area (Å²) < 4.78 is 0. The summed E-state index contributed by atoms with van der Waals surface area (Å²) in [6, 6.07) is 0.354. The molecular formula is C13H25N5. The van der Waals surface area contributed by atoms with Gasteiger partial charge in [0.1, 0.15) is 18.0 Å². The monoisotopic (exact) mass is 251 g/mol. The second-order valence-electron chi connectivity index (χ2n) is 4.93. The van der Waals surface area contributed by atoms with Gasteiger partial charge >= 0.3 is 0 Å². The largest absolute Gasteiger partial charge is 0.370 e. The molecule has 1 rings (SSSR count). The van der Waals surface area contributed by atoms with Crippen molar-refractivity contribution < 1.29 is 0 Å². The van der Waals surface area contributed by atoms with Crippen molar-refractivity contribution in [1.29, 1.82) is 0 Å². The minimum absolute atomic E-state index is 0.354. The van der Waals surface area contributed by atoms with Crippen LogP contribution in [0.4, 0.5) is 11.6 Å². The minimum atomic E-state index is 0.354. The lowest BCUT2D eigenvalue weighted by Crippen LogP contribution is -2.30. The van der Waals surface area contributed by atoms with Crippen molar-refractivity contribution in [3.8, 4) is 0 Å². The third-order valence-electron chi connectivity index (χ3n) is 2.65. The van der Waals surface area contributed by atoms with Crippen molar-refractivity contribution in [3.63, 3.8) is 0 Å². The number of aromatic nitrogens is 2. The Kier molecular flexibility index (Phi) is 5.85. The molecule has 0 aliphatic rings. The van der Waals surface area contributed by atoms with E-state index in [1.165, 1.54) is 0 Å². The molecule has 1 aromatic heterocycles. The predicted molar refractivity (Wildman–Crippen MR) is 77.2 cm³/mol. The number of nitrogens with one attached hydrogen (secondary N) is 2. The molecule has 0 aliphatic heterocycles. The second kappa shape index (κ2) is 7.16. The summed E-state index contributed by atoms with van der Waals surface area (Å²) in [6.07, 6.45) is 2.69. The van der Waals surface area contributed by atoms with Gasteiger partial charge in [-0.25, -0.2) is 9.97 Å². The zero-order valence-corrected chi connectivity index (χ0v) is 12.1. The fourth-order valence-electron chi connectivity index (χ4n) is 1.84. The third-order valence-corrected chi connectivity index (χ3v) is 2.65.